The molecule has 1 aromatic heterocycles. The zero-order chi connectivity index (χ0) is 13.8. The summed E-state index contributed by atoms with van der Waals surface area (Å²) in [5, 5.41) is 11.1. The van der Waals surface area contributed by atoms with Gasteiger partial charge in [-0.1, -0.05) is 0 Å². The number of nitrogens with zero attached hydrogens (tertiary/aromatic N) is 2. The van der Waals surface area contributed by atoms with Crippen LogP contribution in [0.4, 0.5) is 4.39 Å². The lowest BCUT2D eigenvalue weighted by Crippen LogP contribution is -2.17. The van der Waals surface area contributed by atoms with E-state index >= 15 is 0 Å². The van der Waals surface area contributed by atoms with Crippen LogP contribution >= 0.6 is 27.3 Å². The average Bonchev–Trinajstić information content (AvgIpc) is 2.75. The van der Waals surface area contributed by atoms with Crippen LogP contribution in [0.15, 0.2) is 34.1 Å². The van der Waals surface area contributed by atoms with E-state index in [1.165, 1.54) is 23.1 Å². The fraction of sp³-hybridized carbons (Fsp3) is 0.214. The number of benzene rings is 1. The first-order chi connectivity index (χ1) is 9.08. The van der Waals surface area contributed by atoms with Crippen molar-refractivity contribution < 1.29 is 4.39 Å². The van der Waals surface area contributed by atoms with Crippen LogP contribution in [0.1, 0.15) is 16.0 Å². The molecule has 0 saturated carbocycles. The van der Waals surface area contributed by atoms with Crippen molar-refractivity contribution >= 4 is 27.3 Å². The number of nitriles is 1. The van der Waals surface area contributed by atoms with Gasteiger partial charge in [0.15, 0.2) is 0 Å². The van der Waals surface area contributed by atoms with Gasteiger partial charge in [0, 0.05) is 27.8 Å². The Hall–Kier alpha value is -1.22. The predicted molar refractivity (Wildman–Crippen MR) is 78.3 cm³/mol. The molecule has 0 radical (unpaired) electrons. The molecule has 0 unspecified atom stereocenters. The highest BCUT2D eigenvalue weighted by atomic mass is 79.9. The zero-order valence-corrected chi connectivity index (χ0v) is 12.8. The van der Waals surface area contributed by atoms with E-state index in [0.717, 1.165) is 16.6 Å². The Labute approximate surface area is 124 Å². The summed E-state index contributed by atoms with van der Waals surface area (Å²) in [4.78, 5) is 3.29. The summed E-state index contributed by atoms with van der Waals surface area (Å²) in [6.45, 7) is 1.33. The molecule has 0 bridgehead atoms. The zero-order valence-electron chi connectivity index (χ0n) is 10.4. The van der Waals surface area contributed by atoms with Gasteiger partial charge in [-0.15, -0.1) is 11.3 Å². The van der Waals surface area contributed by atoms with Crippen LogP contribution in [0, 0.1) is 17.1 Å². The maximum Gasteiger partial charge on any atom is 0.123 e. The Kier molecular flexibility index (Phi) is 4.70. The number of rotatable bonds is 4. The van der Waals surface area contributed by atoms with Crippen LogP contribution in [0.5, 0.6) is 0 Å². The minimum Gasteiger partial charge on any atom is -0.297 e. The summed E-state index contributed by atoms with van der Waals surface area (Å²) in [5.74, 6) is -0.304. The van der Waals surface area contributed by atoms with Crippen LogP contribution in [-0.2, 0) is 13.1 Å². The van der Waals surface area contributed by atoms with Gasteiger partial charge in [0.1, 0.15) is 5.82 Å². The van der Waals surface area contributed by atoms with Crippen molar-refractivity contribution in [1.82, 2.24) is 4.90 Å². The molecule has 2 nitrogen and oxygen atoms in total. The first-order valence-electron chi connectivity index (χ1n) is 5.68. The Balaban J connectivity index is 2.08. The van der Waals surface area contributed by atoms with Crippen LogP contribution in [0.25, 0.3) is 0 Å². The molecule has 2 rings (SSSR count). The summed E-state index contributed by atoms with van der Waals surface area (Å²) in [6, 6.07) is 8.44. The fourth-order valence-electron chi connectivity index (χ4n) is 1.85. The normalized spacial score (nSPS) is 10.7. The molecule has 0 aliphatic heterocycles. The standard InChI is InChI=1S/C14H12BrFN2S/c1-18(8-14-5-12(15)9-19-14)7-11-4-13(16)3-2-10(11)6-17/h2-5,9H,7-8H2,1H3. The molecule has 0 aliphatic carbocycles. The van der Waals surface area contributed by atoms with E-state index in [9.17, 15) is 4.39 Å². The summed E-state index contributed by atoms with van der Waals surface area (Å²) < 4.78 is 14.3. The molecule has 5 heteroatoms. The molecule has 98 valence electrons. The Morgan fingerprint density at radius 3 is 2.79 bits per heavy atom. The number of halogens is 2. The van der Waals surface area contributed by atoms with E-state index in [2.05, 4.69) is 33.0 Å². The van der Waals surface area contributed by atoms with Crippen molar-refractivity contribution in [1.29, 1.82) is 5.26 Å². The summed E-state index contributed by atoms with van der Waals surface area (Å²) >= 11 is 5.09. The van der Waals surface area contributed by atoms with E-state index in [-0.39, 0.29) is 5.82 Å². The van der Waals surface area contributed by atoms with E-state index in [1.54, 1.807) is 11.3 Å². The minimum atomic E-state index is -0.304. The maximum absolute atomic E-state index is 13.2. The van der Waals surface area contributed by atoms with Gasteiger partial charge in [-0.3, -0.25) is 4.90 Å². The van der Waals surface area contributed by atoms with Crippen molar-refractivity contribution in [3.63, 3.8) is 0 Å². The molecular weight excluding hydrogens is 327 g/mol. The Bertz CT molecular complexity index is 618. The number of hydrogen-bond acceptors (Lipinski definition) is 3. The van der Waals surface area contributed by atoms with Crippen LogP contribution < -0.4 is 0 Å². The van der Waals surface area contributed by atoms with E-state index in [1.807, 2.05) is 12.4 Å². The lowest BCUT2D eigenvalue weighted by atomic mass is 10.1. The highest BCUT2D eigenvalue weighted by molar-refractivity contribution is 9.10. The molecule has 0 N–H and O–H groups in total. The maximum atomic E-state index is 13.2. The third-order valence-electron chi connectivity index (χ3n) is 2.68. The Morgan fingerprint density at radius 2 is 2.16 bits per heavy atom. The molecule has 0 amide bonds. The molecule has 0 fully saturated rings. The molecule has 0 saturated heterocycles. The predicted octanol–water partition coefficient (Wildman–Crippen LogP) is 4.15. The molecule has 1 heterocycles. The first-order valence-corrected chi connectivity index (χ1v) is 7.35. The minimum absolute atomic E-state index is 0.304. The molecule has 19 heavy (non-hydrogen) atoms. The summed E-state index contributed by atoms with van der Waals surface area (Å²) in [6.07, 6.45) is 0. The first kappa shape index (κ1) is 14.2. The second kappa shape index (κ2) is 6.29. The Morgan fingerprint density at radius 1 is 1.37 bits per heavy atom. The molecule has 2 aromatic rings. The molecule has 0 atom stereocenters. The largest absolute Gasteiger partial charge is 0.297 e. The molecule has 0 aliphatic rings. The van der Waals surface area contributed by atoms with Gasteiger partial charge in [0.2, 0.25) is 0 Å². The fourth-order valence-corrected chi connectivity index (χ4v) is 3.38. The van der Waals surface area contributed by atoms with Gasteiger partial charge >= 0.3 is 0 Å². The SMILES string of the molecule is CN(Cc1cc(Br)cs1)Cc1cc(F)ccc1C#N. The molecular formula is C14H12BrFN2S. The van der Waals surface area contributed by atoms with Crippen LogP contribution in [-0.4, -0.2) is 11.9 Å². The monoisotopic (exact) mass is 338 g/mol. The topological polar surface area (TPSA) is 27.0 Å². The van der Waals surface area contributed by atoms with Crippen LogP contribution in [0.3, 0.4) is 0 Å². The molecule has 0 spiro atoms. The van der Waals surface area contributed by atoms with Crippen molar-refractivity contribution in [2.45, 2.75) is 13.1 Å². The second-order valence-corrected chi connectivity index (χ2v) is 6.23. The van der Waals surface area contributed by atoms with Crippen molar-refractivity contribution in [2.24, 2.45) is 0 Å². The van der Waals surface area contributed by atoms with Crippen molar-refractivity contribution in [2.75, 3.05) is 7.05 Å². The van der Waals surface area contributed by atoms with Gasteiger partial charge in [0.05, 0.1) is 11.6 Å². The highest BCUT2D eigenvalue weighted by Gasteiger charge is 2.08. The highest BCUT2D eigenvalue weighted by Crippen LogP contribution is 2.22. The second-order valence-electron chi connectivity index (χ2n) is 4.32. The number of thiophene rings is 1. The van der Waals surface area contributed by atoms with Gasteiger partial charge in [0.25, 0.3) is 0 Å². The van der Waals surface area contributed by atoms with E-state index < -0.39 is 0 Å². The summed E-state index contributed by atoms with van der Waals surface area (Å²) in [7, 11) is 1.96. The lowest BCUT2D eigenvalue weighted by molar-refractivity contribution is 0.321. The van der Waals surface area contributed by atoms with E-state index in [4.69, 9.17) is 5.26 Å². The van der Waals surface area contributed by atoms with Gasteiger partial charge in [-0.25, -0.2) is 4.39 Å². The van der Waals surface area contributed by atoms with E-state index in [0.29, 0.717) is 12.1 Å². The third kappa shape index (κ3) is 3.87. The third-order valence-corrected chi connectivity index (χ3v) is 4.36. The number of hydrogen-bond donors (Lipinski definition) is 0. The van der Waals surface area contributed by atoms with Gasteiger partial charge in [-0.05, 0) is 52.8 Å². The van der Waals surface area contributed by atoms with Crippen molar-refractivity contribution in [3.05, 3.63) is 55.9 Å². The van der Waals surface area contributed by atoms with Gasteiger partial charge < -0.3 is 0 Å². The van der Waals surface area contributed by atoms with Gasteiger partial charge in [-0.2, -0.15) is 5.26 Å². The smallest absolute Gasteiger partial charge is 0.123 e. The summed E-state index contributed by atoms with van der Waals surface area (Å²) in [5.41, 5.74) is 1.25. The molecule has 1 aromatic carbocycles. The van der Waals surface area contributed by atoms with Crippen LogP contribution in [0.2, 0.25) is 0 Å². The van der Waals surface area contributed by atoms with Crippen molar-refractivity contribution in [3.8, 4) is 6.07 Å². The quantitative estimate of drug-likeness (QED) is 0.837. The average molecular weight is 339 g/mol. The lowest BCUT2D eigenvalue weighted by Gasteiger charge is -2.16.